The summed E-state index contributed by atoms with van der Waals surface area (Å²) < 4.78 is 6.99. The number of hydrogen-bond donors (Lipinski definition) is 0. The van der Waals surface area contributed by atoms with E-state index in [9.17, 15) is 4.79 Å². The van der Waals surface area contributed by atoms with E-state index < -0.39 is 0 Å². The highest BCUT2D eigenvalue weighted by atomic mass is 16.5. The number of rotatable bonds is 2. The summed E-state index contributed by atoms with van der Waals surface area (Å²) in [6.45, 7) is 1.39. The van der Waals surface area contributed by atoms with Crippen LogP contribution in [0.4, 0.5) is 0 Å². The predicted octanol–water partition coefficient (Wildman–Crippen LogP) is 1.03. The van der Waals surface area contributed by atoms with Crippen molar-refractivity contribution < 1.29 is 9.53 Å². The molecule has 76 valence electrons. The average molecular weight is 194 g/mol. The lowest BCUT2D eigenvalue weighted by atomic mass is 9.95. The summed E-state index contributed by atoms with van der Waals surface area (Å²) in [5.74, 6) is 0.822. The first-order valence-corrected chi connectivity index (χ1v) is 4.88. The first-order chi connectivity index (χ1) is 6.79. The molecule has 0 amide bonds. The minimum absolute atomic E-state index is 0.102. The van der Waals surface area contributed by atoms with E-state index in [0.29, 0.717) is 19.0 Å². The number of aromatic nitrogens is 2. The van der Waals surface area contributed by atoms with Crippen LogP contribution in [0.25, 0.3) is 0 Å². The molecular formula is C10H14N2O2. The zero-order valence-electron chi connectivity index (χ0n) is 8.27. The number of carbonyl (C=O) groups is 1. The van der Waals surface area contributed by atoms with Gasteiger partial charge < -0.3 is 9.30 Å². The molecule has 1 aromatic heterocycles. The molecule has 0 unspecified atom stereocenters. The van der Waals surface area contributed by atoms with Gasteiger partial charge in [0.15, 0.2) is 5.82 Å². The quantitative estimate of drug-likeness (QED) is 0.660. The van der Waals surface area contributed by atoms with Gasteiger partial charge in [0.2, 0.25) is 5.78 Å². The molecule has 0 radical (unpaired) electrons. The van der Waals surface area contributed by atoms with E-state index in [4.69, 9.17) is 4.74 Å². The second-order valence-corrected chi connectivity index (χ2v) is 3.61. The molecule has 0 spiro atoms. The fourth-order valence-corrected chi connectivity index (χ4v) is 1.75. The minimum atomic E-state index is 0.102. The molecule has 0 aliphatic carbocycles. The molecule has 2 heterocycles. The van der Waals surface area contributed by atoms with Gasteiger partial charge in [-0.1, -0.05) is 0 Å². The first kappa shape index (κ1) is 9.40. The molecule has 0 bridgehead atoms. The van der Waals surface area contributed by atoms with E-state index in [1.54, 1.807) is 17.0 Å². The van der Waals surface area contributed by atoms with Crippen molar-refractivity contribution in [1.82, 2.24) is 9.55 Å². The molecule has 1 aromatic rings. The SMILES string of the molecule is Cn1ccnc1C(=O)C1CCOCC1. The van der Waals surface area contributed by atoms with E-state index >= 15 is 0 Å². The van der Waals surface area contributed by atoms with Gasteiger partial charge in [-0.15, -0.1) is 0 Å². The highest BCUT2D eigenvalue weighted by molar-refractivity contribution is 5.94. The van der Waals surface area contributed by atoms with Crippen molar-refractivity contribution in [3.63, 3.8) is 0 Å². The fraction of sp³-hybridized carbons (Fsp3) is 0.600. The molecule has 14 heavy (non-hydrogen) atoms. The average Bonchev–Trinajstić information content (AvgIpc) is 2.65. The molecule has 1 aliphatic heterocycles. The number of ether oxygens (including phenoxy) is 1. The minimum Gasteiger partial charge on any atom is -0.381 e. The lowest BCUT2D eigenvalue weighted by Gasteiger charge is -2.20. The molecule has 0 atom stereocenters. The van der Waals surface area contributed by atoms with Gasteiger partial charge in [-0.05, 0) is 12.8 Å². The third-order valence-electron chi connectivity index (χ3n) is 2.63. The zero-order chi connectivity index (χ0) is 9.97. The summed E-state index contributed by atoms with van der Waals surface area (Å²) in [6, 6.07) is 0. The van der Waals surface area contributed by atoms with Crippen LogP contribution >= 0.6 is 0 Å². The molecule has 2 rings (SSSR count). The monoisotopic (exact) mass is 194 g/mol. The highest BCUT2D eigenvalue weighted by Crippen LogP contribution is 2.18. The first-order valence-electron chi connectivity index (χ1n) is 4.88. The summed E-state index contributed by atoms with van der Waals surface area (Å²) in [5, 5.41) is 0. The normalized spacial score (nSPS) is 18.4. The summed E-state index contributed by atoms with van der Waals surface area (Å²) in [4.78, 5) is 16.0. The van der Waals surface area contributed by atoms with Crippen LogP contribution in [0, 0.1) is 5.92 Å². The van der Waals surface area contributed by atoms with Gasteiger partial charge >= 0.3 is 0 Å². The number of nitrogens with zero attached hydrogens (tertiary/aromatic N) is 2. The smallest absolute Gasteiger partial charge is 0.201 e. The number of Topliss-reactive ketones (excluding diaryl/α,β-unsaturated/α-hetero) is 1. The lowest BCUT2D eigenvalue weighted by molar-refractivity contribution is 0.0536. The van der Waals surface area contributed by atoms with Crippen LogP contribution in [0.5, 0.6) is 0 Å². The third kappa shape index (κ3) is 1.70. The van der Waals surface area contributed by atoms with Gasteiger partial charge in [-0.2, -0.15) is 0 Å². The lowest BCUT2D eigenvalue weighted by Crippen LogP contribution is -2.25. The van der Waals surface area contributed by atoms with Crippen molar-refractivity contribution in [3.05, 3.63) is 18.2 Å². The predicted molar refractivity (Wildman–Crippen MR) is 51.1 cm³/mol. The van der Waals surface area contributed by atoms with Gasteiger partial charge in [0, 0.05) is 38.6 Å². The van der Waals surface area contributed by atoms with Crippen LogP contribution in [-0.2, 0) is 11.8 Å². The maximum Gasteiger partial charge on any atom is 0.201 e. The molecule has 4 heteroatoms. The van der Waals surface area contributed by atoms with Gasteiger partial charge in [0.05, 0.1) is 0 Å². The van der Waals surface area contributed by atoms with Crippen molar-refractivity contribution in [1.29, 1.82) is 0 Å². The molecule has 0 aromatic carbocycles. The second-order valence-electron chi connectivity index (χ2n) is 3.61. The molecule has 1 saturated heterocycles. The Balaban J connectivity index is 2.11. The van der Waals surface area contributed by atoms with Crippen LogP contribution < -0.4 is 0 Å². The molecular weight excluding hydrogens is 180 g/mol. The Labute approximate surface area is 82.9 Å². The number of imidazole rings is 1. The summed E-state index contributed by atoms with van der Waals surface area (Å²) in [7, 11) is 1.85. The molecule has 0 saturated carbocycles. The molecule has 0 N–H and O–H groups in total. The topological polar surface area (TPSA) is 44.1 Å². The van der Waals surface area contributed by atoms with E-state index in [1.165, 1.54) is 0 Å². The summed E-state index contributed by atoms with van der Waals surface area (Å²) >= 11 is 0. The van der Waals surface area contributed by atoms with E-state index in [1.807, 2.05) is 7.05 Å². The zero-order valence-corrected chi connectivity index (χ0v) is 8.27. The second kappa shape index (κ2) is 3.92. The number of ketones is 1. The van der Waals surface area contributed by atoms with Crippen molar-refractivity contribution in [2.24, 2.45) is 13.0 Å². The maximum atomic E-state index is 11.9. The van der Waals surface area contributed by atoms with Crippen molar-refractivity contribution >= 4 is 5.78 Å². The Morgan fingerprint density at radius 1 is 1.57 bits per heavy atom. The van der Waals surface area contributed by atoms with Crippen LogP contribution in [0.3, 0.4) is 0 Å². The highest BCUT2D eigenvalue weighted by Gasteiger charge is 2.25. The van der Waals surface area contributed by atoms with E-state index in [0.717, 1.165) is 12.8 Å². The number of aryl methyl sites for hydroxylation is 1. The fourth-order valence-electron chi connectivity index (χ4n) is 1.75. The number of hydrogen-bond acceptors (Lipinski definition) is 3. The van der Waals surface area contributed by atoms with Crippen LogP contribution in [0.1, 0.15) is 23.5 Å². The number of carbonyl (C=O) groups excluding carboxylic acids is 1. The summed E-state index contributed by atoms with van der Waals surface area (Å²) in [5.41, 5.74) is 0. The van der Waals surface area contributed by atoms with E-state index in [-0.39, 0.29) is 11.7 Å². The third-order valence-corrected chi connectivity index (χ3v) is 2.63. The van der Waals surface area contributed by atoms with Crippen LogP contribution in [0.15, 0.2) is 12.4 Å². The Bertz CT molecular complexity index is 327. The van der Waals surface area contributed by atoms with E-state index in [2.05, 4.69) is 4.98 Å². The Morgan fingerprint density at radius 2 is 2.29 bits per heavy atom. The van der Waals surface area contributed by atoms with Gasteiger partial charge in [0.25, 0.3) is 0 Å². The summed E-state index contributed by atoms with van der Waals surface area (Å²) in [6.07, 6.45) is 5.11. The van der Waals surface area contributed by atoms with Crippen LogP contribution in [0.2, 0.25) is 0 Å². The van der Waals surface area contributed by atoms with Gasteiger partial charge in [-0.3, -0.25) is 4.79 Å². The van der Waals surface area contributed by atoms with Crippen molar-refractivity contribution in [2.75, 3.05) is 13.2 Å². The Morgan fingerprint density at radius 3 is 2.86 bits per heavy atom. The molecule has 1 aliphatic rings. The molecule has 1 fully saturated rings. The van der Waals surface area contributed by atoms with Crippen molar-refractivity contribution in [2.45, 2.75) is 12.8 Å². The Kier molecular flexibility index (Phi) is 2.63. The largest absolute Gasteiger partial charge is 0.381 e. The molecule has 4 nitrogen and oxygen atoms in total. The van der Waals surface area contributed by atoms with Crippen molar-refractivity contribution in [3.8, 4) is 0 Å². The van der Waals surface area contributed by atoms with Crippen LogP contribution in [-0.4, -0.2) is 28.5 Å². The van der Waals surface area contributed by atoms with Gasteiger partial charge in [0.1, 0.15) is 0 Å². The van der Waals surface area contributed by atoms with Gasteiger partial charge in [-0.25, -0.2) is 4.98 Å². The standard InChI is InChI=1S/C10H14N2O2/c1-12-5-4-11-10(12)9(13)8-2-6-14-7-3-8/h4-5,8H,2-3,6-7H2,1H3. The Hall–Kier alpha value is -1.16. The maximum absolute atomic E-state index is 11.9.